The van der Waals surface area contributed by atoms with Gasteiger partial charge in [-0.3, -0.25) is 0 Å². The summed E-state index contributed by atoms with van der Waals surface area (Å²) in [6, 6.07) is 5.49. The van der Waals surface area contributed by atoms with Crippen molar-refractivity contribution in [3.8, 4) is 5.75 Å². The summed E-state index contributed by atoms with van der Waals surface area (Å²) in [5.41, 5.74) is 0.971. The zero-order chi connectivity index (χ0) is 15.1. The number of rotatable bonds is 8. The Balaban J connectivity index is 1.58. The normalized spacial score (nSPS) is 19.7. The summed E-state index contributed by atoms with van der Waals surface area (Å²) in [5, 5.41) is 13.8. The van der Waals surface area contributed by atoms with E-state index >= 15 is 0 Å². The standard InChI is InChI=1S/C16H24ClNO3/c1-12-9-15(4-5-16(12)17)21-11-13(19)10-18-7-6-14-3-2-8-20-14/h4-5,9,13-14,18-19H,2-3,6-8,10-11H2,1H3. The maximum atomic E-state index is 9.88. The van der Waals surface area contributed by atoms with Crippen LogP contribution in [0.5, 0.6) is 5.75 Å². The Kier molecular flexibility index (Phi) is 6.77. The molecule has 2 rings (SSSR count). The second-order valence-corrected chi connectivity index (χ2v) is 5.91. The lowest BCUT2D eigenvalue weighted by molar-refractivity contribution is 0.0942. The Morgan fingerprint density at radius 3 is 3.10 bits per heavy atom. The number of hydrogen-bond acceptors (Lipinski definition) is 4. The minimum Gasteiger partial charge on any atom is -0.491 e. The van der Waals surface area contributed by atoms with Crippen LogP contribution >= 0.6 is 11.6 Å². The minimum absolute atomic E-state index is 0.272. The van der Waals surface area contributed by atoms with Gasteiger partial charge in [-0.25, -0.2) is 0 Å². The fourth-order valence-electron chi connectivity index (χ4n) is 2.36. The first-order chi connectivity index (χ1) is 10.1. The molecule has 0 aromatic heterocycles. The average molecular weight is 314 g/mol. The third kappa shape index (κ3) is 5.83. The summed E-state index contributed by atoms with van der Waals surface area (Å²) >= 11 is 5.96. The lowest BCUT2D eigenvalue weighted by atomic mass is 10.2. The number of benzene rings is 1. The van der Waals surface area contributed by atoms with Crippen LogP contribution in [0.15, 0.2) is 18.2 Å². The number of aliphatic hydroxyl groups is 1. The maximum Gasteiger partial charge on any atom is 0.119 e. The Morgan fingerprint density at radius 2 is 2.38 bits per heavy atom. The highest BCUT2D eigenvalue weighted by Gasteiger charge is 2.14. The topological polar surface area (TPSA) is 50.7 Å². The molecule has 1 heterocycles. The number of hydrogen-bond donors (Lipinski definition) is 2. The number of halogens is 1. The third-order valence-corrected chi connectivity index (χ3v) is 4.04. The van der Waals surface area contributed by atoms with Crippen LogP contribution in [-0.2, 0) is 4.74 Å². The van der Waals surface area contributed by atoms with Gasteiger partial charge in [0.05, 0.1) is 6.10 Å². The fourth-order valence-corrected chi connectivity index (χ4v) is 2.48. The van der Waals surface area contributed by atoms with Gasteiger partial charge in [-0.05, 0) is 56.5 Å². The summed E-state index contributed by atoms with van der Waals surface area (Å²) in [6.07, 6.45) is 3.20. The Labute approximate surface area is 131 Å². The lowest BCUT2D eigenvalue weighted by Gasteiger charge is -2.15. The van der Waals surface area contributed by atoms with Crippen LogP contribution in [-0.4, -0.2) is 43.6 Å². The molecular formula is C16H24ClNO3. The smallest absolute Gasteiger partial charge is 0.119 e. The number of aryl methyl sites for hydroxylation is 1. The van der Waals surface area contributed by atoms with Gasteiger partial charge in [-0.15, -0.1) is 0 Å². The zero-order valence-electron chi connectivity index (χ0n) is 12.5. The molecule has 0 amide bonds. The second-order valence-electron chi connectivity index (χ2n) is 5.50. The van der Waals surface area contributed by atoms with Crippen molar-refractivity contribution in [3.05, 3.63) is 28.8 Å². The predicted molar refractivity (Wildman–Crippen MR) is 84.2 cm³/mol. The number of aliphatic hydroxyl groups excluding tert-OH is 1. The summed E-state index contributed by atoms with van der Waals surface area (Å²) in [7, 11) is 0. The van der Waals surface area contributed by atoms with Crippen molar-refractivity contribution in [1.29, 1.82) is 0 Å². The summed E-state index contributed by atoms with van der Waals surface area (Å²) in [6.45, 7) is 4.48. The molecule has 0 aliphatic carbocycles. The SMILES string of the molecule is Cc1cc(OCC(O)CNCCC2CCCO2)ccc1Cl. The third-order valence-electron chi connectivity index (χ3n) is 3.62. The van der Waals surface area contributed by atoms with Gasteiger partial charge in [0.2, 0.25) is 0 Å². The fraction of sp³-hybridized carbons (Fsp3) is 0.625. The van der Waals surface area contributed by atoms with Crippen molar-refractivity contribution in [2.45, 2.75) is 38.4 Å². The van der Waals surface area contributed by atoms with Crippen molar-refractivity contribution < 1.29 is 14.6 Å². The highest BCUT2D eigenvalue weighted by Crippen LogP contribution is 2.21. The van der Waals surface area contributed by atoms with E-state index in [-0.39, 0.29) is 6.61 Å². The maximum absolute atomic E-state index is 9.88. The molecule has 1 saturated heterocycles. The molecular weight excluding hydrogens is 290 g/mol. The van der Waals surface area contributed by atoms with Crippen LogP contribution in [0.1, 0.15) is 24.8 Å². The van der Waals surface area contributed by atoms with Crippen molar-refractivity contribution in [2.24, 2.45) is 0 Å². The van der Waals surface area contributed by atoms with Gasteiger partial charge in [0.15, 0.2) is 0 Å². The van der Waals surface area contributed by atoms with Crippen LogP contribution in [0.4, 0.5) is 0 Å². The van der Waals surface area contributed by atoms with E-state index in [2.05, 4.69) is 5.32 Å². The van der Waals surface area contributed by atoms with Crippen molar-refractivity contribution in [3.63, 3.8) is 0 Å². The summed E-state index contributed by atoms with van der Waals surface area (Å²) in [5.74, 6) is 0.732. The minimum atomic E-state index is -0.523. The van der Waals surface area contributed by atoms with Crippen LogP contribution in [0.25, 0.3) is 0 Å². The van der Waals surface area contributed by atoms with E-state index in [4.69, 9.17) is 21.1 Å². The molecule has 2 atom stereocenters. The van der Waals surface area contributed by atoms with E-state index in [1.807, 2.05) is 19.1 Å². The lowest BCUT2D eigenvalue weighted by Crippen LogP contribution is -2.33. The second kappa shape index (κ2) is 8.59. The molecule has 2 unspecified atom stereocenters. The molecule has 0 radical (unpaired) electrons. The first-order valence-corrected chi connectivity index (χ1v) is 7.92. The van der Waals surface area contributed by atoms with E-state index in [9.17, 15) is 5.11 Å². The first kappa shape index (κ1) is 16.6. The van der Waals surface area contributed by atoms with Gasteiger partial charge >= 0.3 is 0 Å². The van der Waals surface area contributed by atoms with E-state index < -0.39 is 6.10 Å². The molecule has 5 heteroatoms. The van der Waals surface area contributed by atoms with Gasteiger partial charge in [0.1, 0.15) is 18.5 Å². The molecule has 21 heavy (non-hydrogen) atoms. The van der Waals surface area contributed by atoms with Crippen molar-refractivity contribution >= 4 is 11.6 Å². The molecule has 1 aromatic rings. The van der Waals surface area contributed by atoms with E-state index in [1.54, 1.807) is 6.07 Å². The highest BCUT2D eigenvalue weighted by atomic mass is 35.5. The van der Waals surface area contributed by atoms with E-state index in [0.29, 0.717) is 12.6 Å². The van der Waals surface area contributed by atoms with Gasteiger partial charge in [0.25, 0.3) is 0 Å². The van der Waals surface area contributed by atoms with E-state index in [1.165, 1.54) is 6.42 Å². The molecule has 4 nitrogen and oxygen atoms in total. The quantitative estimate of drug-likeness (QED) is 0.724. The highest BCUT2D eigenvalue weighted by molar-refractivity contribution is 6.31. The van der Waals surface area contributed by atoms with Gasteiger partial charge in [-0.2, -0.15) is 0 Å². The molecule has 1 fully saturated rings. The van der Waals surface area contributed by atoms with Crippen LogP contribution < -0.4 is 10.1 Å². The Morgan fingerprint density at radius 1 is 1.52 bits per heavy atom. The molecule has 0 spiro atoms. The van der Waals surface area contributed by atoms with Gasteiger partial charge in [-0.1, -0.05) is 11.6 Å². The molecule has 1 aliphatic rings. The average Bonchev–Trinajstić information content (AvgIpc) is 2.98. The first-order valence-electron chi connectivity index (χ1n) is 7.54. The predicted octanol–water partition coefficient (Wildman–Crippen LogP) is 2.55. The molecule has 1 aromatic carbocycles. The van der Waals surface area contributed by atoms with Crippen LogP contribution in [0.3, 0.4) is 0 Å². The van der Waals surface area contributed by atoms with Crippen LogP contribution in [0, 0.1) is 6.92 Å². The van der Waals surface area contributed by atoms with Gasteiger partial charge < -0.3 is 19.9 Å². The van der Waals surface area contributed by atoms with E-state index in [0.717, 1.165) is 42.3 Å². The number of ether oxygens (including phenoxy) is 2. The summed E-state index contributed by atoms with van der Waals surface area (Å²) < 4.78 is 11.1. The van der Waals surface area contributed by atoms with Crippen LogP contribution in [0.2, 0.25) is 5.02 Å². The zero-order valence-corrected chi connectivity index (χ0v) is 13.2. The summed E-state index contributed by atoms with van der Waals surface area (Å²) in [4.78, 5) is 0. The Hall–Kier alpha value is -0.810. The number of nitrogens with one attached hydrogen (secondary N) is 1. The molecule has 2 N–H and O–H groups in total. The molecule has 0 saturated carbocycles. The van der Waals surface area contributed by atoms with Crippen molar-refractivity contribution in [1.82, 2.24) is 5.32 Å². The molecule has 0 bridgehead atoms. The molecule has 1 aliphatic heterocycles. The Bertz CT molecular complexity index is 436. The molecule has 118 valence electrons. The largest absolute Gasteiger partial charge is 0.491 e. The van der Waals surface area contributed by atoms with Gasteiger partial charge in [0, 0.05) is 18.2 Å². The monoisotopic (exact) mass is 313 g/mol. The van der Waals surface area contributed by atoms with Crippen molar-refractivity contribution in [2.75, 3.05) is 26.3 Å².